The van der Waals surface area contributed by atoms with Crippen LogP contribution in [0.1, 0.15) is 24.5 Å². The van der Waals surface area contributed by atoms with Gasteiger partial charge in [0.1, 0.15) is 0 Å². The van der Waals surface area contributed by atoms with Crippen molar-refractivity contribution in [2.45, 2.75) is 31.6 Å². The summed E-state index contributed by atoms with van der Waals surface area (Å²) in [5, 5.41) is 2.80. The summed E-state index contributed by atoms with van der Waals surface area (Å²) in [5.41, 5.74) is 3.95. The van der Waals surface area contributed by atoms with Gasteiger partial charge in [-0.3, -0.25) is 14.3 Å². The maximum Gasteiger partial charge on any atom is 0.261 e. The Morgan fingerprint density at radius 2 is 1.56 bits per heavy atom. The van der Waals surface area contributed by atoms with Gasteiger partial charge in [-0.2, -0.15) is 0 Å². The van der Waals surface area contributed by atoms with E-state index in [1.54, 1.807) is 29.2 Å². The van der Waals surface area contributed by atoms with Crippen LogP contribution >= 0.6 is 0 Å². The first-order chi connectivity index (χ1) is 16.2. The lowest BCUT2D eigenvalue weighted by Gasteiger charge is -2.17. The smallest absolute Gasteiger partial charge is 0.261 e. The molecule has 3 aromatic carbocycles. The average Bonchev–Trinajstić information content (AvgIpc) is 3.22. The monoisotopic (exact) mass is 477 g/mol. The molecule has 1 fully saturated rings. The standard InChI is InChI=1S/C26H27N3O4S/c1-3-19-6-12-23(13-7-19)29-17-20(16-25(29)30)26(31)27-21-10-14-24(15-11-21)34(32,33)28-22-8-4-18(2)5-9-22/h4-15,20,28H,3,16-17H2,1-2H3,(H,27,31). The Hall–Kier alpha value is -3.65. The van der Waals surface area contributed by atoms with E-state index in [1.807, 2.05) is 43.3 Å². The van der Waals surface area contributed by atoms with Crippen molar-refractivity contribution in [2.24, 2.45) is 5.92 Å². The lowest BCUT2D eigenvalue weighted by Crippen LogP contribution is -2.28. The highest BCUT2D eigenvalue weighted by molar-refractivity contribution is 7.92. The molecule has 176 valence electrons. The minimum Gasteiger partial charge on any atom is -0.326 e. The molecule has 0 saturated carbocycles. The zero-order valence-electron chi connectivity index (χ0n) is 19.1. The molecule has 0 aromatic heterocycles. The Labute approximate surface area is 199 Å². The summed E-state index contributed by atoms with van der Waals surface area (Å²) in [4.78, 5) is 27.0. The second-order valence-electron chi connectivity index (χ2n) is 8.41. The van der Waals surface area contributed by atoms with E-state index >= 15 is 0 Å². The van der Waals surface area contributed by atoms with Crippen molar-refractivity contribution in [3.8, 4) is 0 Å². The van der Waals surface area contributed by atoms with Crippen LogP contribution in [0.5, 0.6) is 0 Å². The molecule has 1 heterocycles. The van der Waals surface area contributed by atoms with Gasteiger partial charge in [-0.25, -0.2) is 8.42 Å². The molecule has 0 aliphatic carbocycles. The van der Waals surface area contributed by atoms with Crippen molar-refractivity contribution in [1.82, 2.24) is 0 Å². The topological polar surface area (TPSA) is 95.6 Å². The van der Waals surface area contributed by atoms with E-state index in [2.05, 4.69) is 17.0 Å². The minimum absolute atomic E-state index is 0.0869. The molecule has 4 rings (SSSR count). The van der Waals surface area contributed by atoms with Gasteiger partial charge in [-0.15, -0.1) is 0 Å². The quantitative estimate of drug-likeness (QED) is 0.529. The molecule has 8 heteroatoms. The van der Waals surface area contributed by atoms with Gasteiger partial charge in [-0.1, -0.05) is 36.8 Å². The zero-order valence-corrected chi connectivity index (χ0v) is 19.9. The molecule has 2 amide bonds. The van der Waals surface area contributed by atoms with Crippen LogP contribution in [0.3, 0.4) is 0 Å². The van der Waals surface area contributed by atoms with Crippen molar-refractivity contribution in [2.75, 3.05) is 21.5 Å². The Kier molecular flexibility index (Phi) is 6.70. The highest BCUT2D eigenvalue weighted by Gasteiger charge is 2.35. The number of nitrogens with zero attached hydrogens (tertiary/aromatic N) is 1. The fraction of sp³-hybridized carbons (Fsp3) is 0.231. The first kappa shape index (κ1) is 23.5. The van der Waals surface area contributed by atoms with Crippen LogP contribution in [0.25, 0.3) is 0 Å². The Balaban J connectivity index is 1.38. The molecule has 2 N–H and O–H groups in total. The van der Waals surface area contributed by atoms with Crippen molar-refractivity contribution >= 4 is 38.9 Å². The third-order valence-corrected chi connectivity index (χ3v) is 7.29. The number of amides is 2. The zero-order chi connectivity index (χ0) is 24.3. The van der Waals surface area contributed by atoms with Crippen LogP contribution in [-0.4, -0.2) is 26.8 Å². The third-order valence-electron chi connectivity index (χ3n) is 5.89. The van der Waals surface area contributed by atoms with Crippen molar-refractivity contribution < 1.29 is 18.0 Å². The second-order valence-corrected chi connectivity index (χ2v) is 10.1. The third kappa shape index (κ3) is 5.28. The van der Waals surface area contributed by atoms with Crippen LogP contribution in [0.15, 0.2) is 77.7 Å². The molecule has 1 saturated heterocycles. The van der Waals surface area contributed by atoms with Gasteiger partial charge < -0.3 is 10.2 Å². The molecule has 0 spiro atoms. The average molecular weight is 478 g/mol. The number of hydrogen-bond acceptors (Lipinski definition) is 4. The lowest BCUT2D eigenvalue weighted by atomic mass is 10.1. The molecule has 1 aliphatic heterocycles. The van der Waals surface area contributed by atoms with Gasteiger partial charge in [0.25, 0.3) is 10.0 Å². The maximum absolute atomic E-state index is 12.8. The van der Waals surface area contributed by atoms with E-state index in [4.69, 9.17) is 0 Å². The summed E-state index contributed by atoms with van der Waals surface area (Å²) in [5.74, 6) is -0.840. The van der Waals surface area contributed by atoms with Crippen LogP contribution in [0.4, 0.5) is 17.1 Å². The number of carbonyl (C=O) groups is 2. The van der Waals surface area contributed by atoms with Gasteiger partial charge in [0.05, 0.1) is 10.8 Å². The first-order valence-corrected chi connectivity index (χ1v) is 12.6. The number of carbonyl (C=O) groups excluding carboxylic acids is 2. The molecule has 1 aliphatic rings. The molecule has 1 atom stereocenters. The van der Waals surface area contributed by atoms with Gasteiger partial charge in [0.15, 0.2) is 0 Å². The van der Waals surface area contributed by atoms with E-state index in [0.29, 0.717) is 17.9 Å². The fourth-order valence-electron chi connectivity index (χ4n) is 3.84. The number of nitrogens with one attached hydrogen (secondary N) is 2. The Morgan fingerprint density at radius 3 is 2.18 bits per heavy atom. The van der Waals surface area contributed by atoms with Gasteiger partial charge in [-0.05, 0) is 67.4 Å². The van der Waals surface area contributed by atoms with E-state index in [9.17, 15) is 18.0 Å². The van der Waals surface area contributed by atoms with Crippen LogP contribution in [-0.2, 0) is 26.0 Å². The minimum atomic E-state index is -3.75. The number of aryl methyl sites for hydroxylation is 2. The molecular weight excluding hydrogens is 450 g/mol. The summed E-state index contributed by atoms with van der Waals surface area (Å²) >= 11 is 0. The van der Waals surface area contributed by atoms with E-state index in [0.717, 1.165) is 17.7 Å². The van der Waals surface area contributed by atoms with Gasteiger partial charge >= 0.3 is 0 Å². The highest BCUT2D eigenvalue weighted by Crippen LogP contribution is 2.27. The molecular formula is C26H27N3O4S. The lowest BCUT2D eigenvalue weighted by molar-refractivity contribution is -0.122. The number of anilines is 3. The number of benzene rings is 3. The number of hydrogen-bond donors (Lipinski definition) is 2. The normalized spacial score (nSPS) is 15.9. The molecule has 0 bridgehead atoms. The van der Waals surface area contributed by atoms with E-state index < -0.39 is 15.9 Å². The maximum atomic E-state index is 12.8. The Morgan fingerprint density at radius 1 is 0.941 bits per heavy atom. The number of rotatable bonds is 7. The fourth-order valence-corrected chi connectivity index (χ4v) is 4.90. The Bertz CT molecular complexity index is 1290. The summed E-state index contributed by atoms with van der Waals surface area (Å²) in [6.07, 6.45) is 1.05. The first-order valence-electron chi connectivity index (χ1n) is 11.1. The molecule has 34 heavy (non-hydrogen) atoms. The van der Waals surface area contributed by atoms with E-state index in [1.165, 1.54) is 17.7 Å². The number of sulfonamides is 1. The molecule has 3 aromatic rings. The van der Waals surface area contributed by atoms with Crippen molar-refractivity contribution in [3.63, 3.8) is 0 Å². The van der Waals surface area contributed by atoms with Gasteiger partial charge in [0, 0.05) is 30.0 Å². The summed E-state index contributed by atoms with van der Waals surface area (Å²) in [6.45, 7) is 4.30. The molecule has 1 unspecified atom stereocenters. The SMILES string of the molecule is CCc1ccc(N2CC(C(=O)Nc3ccc(S(=O)(=O)Nc4ccc(C)cc4)cc3)CC2=O)cc1. The summed E-state index contributed by atoms with van der Waals surface area (Å²) in [7, 11) is -3.75. The predicted octanol–water partition coefficient (Wildman–Crippen LogP) is 4.35. The van der Waals surface area contributed by atoms with Crippen LogP contribution in [0, 0.1) is 12.8 Å². The molecule has 0 radical (unpaired) electrons. The molecule has 7 nitrogen and oxygen atoms in total. The van der Waals surface area contributed by atoms with Crippen LogP contribution < -0.4 is 14.9 Å². The van der Waals surface area contributed by atoms with Crippen LogP contribution in [0.2, 0.25) is 0 Å². The van der Waals surface area contributed by atoms with Gasteiger partial charge in [0.2, 0.25) is 11.8 Å². The summed E-state index contributed by atoms with van der Waals surface area (Å²) in [6, 6.07) is 20.8. The van der Waals surface area contributed by atoms with Crippen molar-refractivity contribution in [1.29, 1.82) is 0 Å². The largest absolute Gasteiger partial charge is 0.326 e. The predicted molar refractivity (Wildman–Crippen MR) is 133 cm³/mol. The highest BCUT2D eigenvalue weighted by atomic mass is 32.2. The summed E-state index contributed by atoms with van der Waals surface area (Å²) < 4.78 is 27.8. The second kappa shape index (κ2) is 9.69. The van der Waals surface area contributed by atoms with E-state index in [-0.39, 0.29) is 23.1 Å². The van der Waals surface area contributed by atoms with Crippen molar-refractivity contribution in [3.05, 3.63) is 83.9 Å².